The Morgan fingerprint density at radius 3 is 2.38 bits per heavy atom. The molecule has 3 aromatic rings. The van der Waals surface area contributed by atoms with Crippen molar-refractivity contribution in [2.24, 2.45) is 0 Å². The Morgan fingerprint density at radius 1 is 0.897 bits per heavy atom. The molecule has 6 heteroatoms. The van der Waals surface area contributed by atoms with Crippen molar-refractivity contribution in [1.82, 2.24) is 5.32 Å². The van der Waals surface area contributed by atoms with Crippen LogP contribution < -0.4 is 16.0 Å². The summed E-state index contributed by atoms with van der Waals surface area (Å²) in [7, 11) is 0. The first-order chi connectivity index (χ1) is 14.0. The van der Waals surface area contributed by atoms with Crippen LogP contribution in [0.2, 0.25) is 0 Å². The van der Waals surface area contributed by atoms with E-state index in [1.54, 1.807) is 48.5 Å². The number of anilines is 2. The van der Waals surface area contributed by atoms with Crippen LogP contribution in [0.15, 0.2) is 72.8 Å². The van der Waals surface area contributed by atoms with E-state index in [1.165, 1.54) is 6.07 Å². The average molecular weight is 391 g/mol. The highest BCUT2D eigenvalue weighted by molar-refractivity contribution is 6.05. The predicted molar refractivity (Wildman–Crippen MR) is 113 cm³/mol. The van der Waals surface area contributed by atoms with Crippen molar-refractivity contribution in [2.75, 3.05) is 17.2 Å². The van der Waals surface area contributed by atoms with E-state index < -0.39 is 6.03 Å². The van der Waals surface area contributed by atoms with Gasteiger partial charge < -0.3 is 16.0 Å². The van der Waals surface area contributed by atoms with Crippen LogP contribution in [0.25, 0.3) is 0 Å². The van der Waals surface area contributed by atoms with Gasteiger partial charge in [0.2, 0.25) is 0 Å². The van der Waals surface area contributed by atoms with Crippen LogP contribution in [-0.4, -0.2) is 18.5 Å². The average Bonchev–Trinajstić information content (AvgIpc) is 2.72. The number of halogens is 1. The molecule has 148 valence electrons. The fourth-order valence-corrected chi connectivity index (χ4v) is 2.80. The Bertz CT molecular complexity index is 1010. The molecule has 0 atom stereocenters. The monoisotopic (exact) mass is 391 g/mol. The quantitative estimate of drug-likeness (QED) is 0.567. The van der Waals surface area contributed by atoms with Gasteiger partial charge in [0.05, 0.1) is 0 Å². The molecule has 0 unspecified atom stereocenters. The van der Waals surface area contributed by atoms with Crippen molar-refractivity contribution in [2.45, 2.75) is 13.3 Å². The summed E-state index contributed by atoms with van der Waals surface area (Å²) in [5.41, 5.74) is 3.03. The molecule has 0 aliphatic rings. The van der Waals surface area contributed by atoms with Crippen LogP contribution in [-0.2, 0) is 6.42 Å². The zero-order chi connectivity index (χ0) is 20.6. The number of carbonyl (C=O) groups is 2. The highest BCUT2D eigenvalue weighted by atomic mass is 19.1. The molecule has 0 radical (unpaired) electrons. The molecule has 0 heterocycles. The lowest BCUT2D eigenvalue weighted by molar-refractivity contribution is 0.102. The lowest BCUT2D eigenvalue weighted by Gasteiger charge is -2.12. The van der Waals surface area contributed by atoms with Gasteiger partial charge in [0, 0.05) is 23.5 Å². The number of para-hydroxylation sites is 1. The van der Waals surface area contributed by atoms with Gasteiger partial charge in [-0.25, -0.2) is 9.18 Å². The summed E-state index contributed by atoms with van der Waals surface area (Å²) in [5, 5.41) is 8.26. The topological polar surface area (TPSA) is 70.2 Å². The molecule has 0 aliphatic heterocycles. The summed E-state index contributed by atoms with van der Waals surface area (Å²) in [6, 6.07) is 20.3. The van der Waals surface area contributed by atoms with Crippen LogP contribution in [0.4, 0.5) is 20.6 Å². The molecule has 0 aliphatic carbocycles. The van der Waals surface area contributed by atoms with E-state index in [9.17, 15) is 14.0 Å². The first-order valence-corrected chi connectivity index (χ1v) is 9.28. The number of amides is 3. The normalized spacial score (nSPS) is 10.3. The van der Waals surface area contributed by atoms with Crippen LogP contribution in [0.1, 0.15) is 21.5 Å². The second-order valence-electron chi connectivity index (χ2n) is 6.57. The van der Waals surface area contributed by atoms with Crippen LogP contribution in [0.3, 0.4) is 0 Å². The number of nitrogens with one attached hydrogen (secondary N) is 3. The van der Waals surface area contributed by atoms with Gasteiger partial charge in [0.15, 0.2) is 0 Å². The van der Waals surface area contributed by atoms with Gasteiger partial charge in [-0.2, -0.15) is 0 Å². The zero-order valence-electron chi connectivity index (χ0n) is 16.0. The lowest BCUT2D eigenvalue weighted by atomic mass is 10.1. The molecular weight excluding hydrogens is 369 g/mol. The number of rotatable bonds is 6. The number of benzene rings is 3. The van der Waals surface area contributed by atoms with Crippen molar-refractivity contribution in [3.63, 3.8) is 0 Å². The van der Waals surface area contributed by atoms with E-state index >= 15 is 0 Å². The Hall–Kier alpha value is -3.67. The van der Waals surface area contributed by atoms with Crippen molar-refractivity contribution >= 4 is 23.3 Å². The first-order valence-electron chi connectivity index (χ1n) is 9.28. The standard InChI is InChI=1S/C23H22FN3O2/c1-16-11-12-18(22(28)26-19-8-3-2-4-9-19)15-21(16)27-23(29)25-14-13-17-7-5-6-10-20(17)24/h2-12,15H,13-14H2,1H3,(H,26,28)(H2,25,27,29). The molecule has 0 aromatic heterocycles. The molecule has 0 saturated carbocycles. The van der Waals surface area contributed by atoms with Crippen molar-refractivity contribution in [1.29, 1.82) is 0 Å². The molecule has 0 saturated heterocycles. The summed E-state index contributed by atoms with van der Waals surface area (Å²) in [4.78, 5) is 24.6. The van der Waals surface area contributed by atoms with Gasteiger partial charge in [0.25, 0.3) is 5.91 Å². The SMILES string of the molecule is Cc1ccc(C(=O)Nc2ccccc2)cc1NC(=O)NCCc1ccccc1F. The molecule has 3 aromatic carbocycles. The van der Waals surface area contributed by atoms with Crippen LogP contribution in [0.5, 0.6) is 0 Å². The van der Waals surface area contributed by atoms with Crippen molar-refractivity contribution < 1.29 is 14.0 Å². The van der Waals surface area contributed by atoms with Gasteiger partial charge >= 0.3 is 6.03 Å². The van der Waals surface area contributed by atoms with Gasteiger partial charge in [-0.15, -0.1) is 0 Å². The molecule has 5 nitrogen and oxygen atoms in total. The lowest BCUT2D eigenvalue weighted by Crippen LogP contribution is -2.31. The van der Waals surface area contributed by atoms with Gasteiger partial charge in [-0.1, -0.05) is 42.5 Å². The van der Waals surface area contributed by atoms with Crippen molar-refractivity contribution in [3.8, 4) is 0 Å². The summed E-state index contributed by atoms with van der Waals surface area (Å²) in [6.07, 6.45) is 0.387. The number of carbonyl (C=O) groups excluding carboxylic acids is 2. The Labute approximate surface area is 169 Å². The maximum atomic E-state index is 13.6. The third-order valence-electron chi connectivity index (χ3n) is 4.42. The number of hydrogen-bond donors (Lipinski definition) is 3. The predicted octanol–water partition coefficient (Wildman–Crippen LogP) is 4.75. The first kappa shape index (κ1) is 20.1. The van der Waals surface area contributed by atoms with Crippen LogP contribution in [0, 0.1) is 12.7 Å². The maximum absolute atomic E-state index is 13.6. The highest BCUT2D eigenvalue weighted by Gasteiger charge is 2.11. The summed E-state index contributed by atoms with van der Waals surface area (Å²) in [5.74, 6) is -0.554. The van der Waals surface area contributed by atoms with Gasteiger partial charge in [-0.05, 0) is 54.8 Å². The highest BCUT2D eigenvalue weighted by Crippen LogP contribution is 2.18. The molecular formula is C23H22FN3O2. The number of urea groups is 1. The second kappa shape index (κ2) is 9.50. The molecule has 29 heavy (non-hydrogen) atoms. The summed E-state index contributed by atoms with van der Waals surface area (Å²) in [6.45, 7) is 2.13. The minimum absolute atomic E-state index is 0.265. The molecule has 3 amide bonds. The number of hydrogen-bond acceptors (Lipinski definition) is 2. The van der Waals surface area contributed by atoms with Crippen molar-refractivity contribution in [3.05, 3.63) is 95.3 Å². The smallest absolute Gasteiger partial charge is 0.319 e. The molecule has 0 spiro atoms. The van der Waals surface area contributed by atoms with Gasteiger partial charge in [-0.3, -0.25) is 4.79 Å². The third kappa shape index (κ3) is 5.65. The van der Waals surface area contributed by atoms with E-state index in [4.69, 9.17) is 0 Å². The summed E-state index contributed by atoms with van der Waals surface area (Å²) >= 11 is 0. The van der Waals surface area contributed by atoms with E-state index in [1.807, 2.05) is 25.1 Å². The third-order valence-corrected chi connectivity index (χ3v) is 4.42. The summed E-state index contributed by atoms with van der Waals surface area (Å²) < 4.78 is 13.6. The Kier molecular flexibility index (Phi) is 6.58. The minimum Gasteiger partial charge on any atom is -0.338 e. The molecule has 3 N–H and O–H groups in total. The number of aryl methyl sites for hydroxylation is 1. The Morgan fingerprint density at radius 2 is 1.62 bits per heavy atom. The molecule has 0 fully saturated rings. The van der Waals surface area contributed by atoms with E-state index in [2.05, 4.69) is 16.0 Å². The van der Waals surface area contributed by atoms with E-state index in [0.29, 0.717) is 35.5 Å². The zero-order valence-corrected chi connectivity index (χ0v) is 16.0. The fraction of sp³-hybridized carbons (Fsp3) is 0.130. The minimum atomic E-state index is -0.412. The molecule has 0 bridgehead atoms. The van der Waals surface area contributed by atoms with Crippen LogP contribution >= 0.6 is 0 Å². The fourth-order valence-electron chi connectivity index (χ4n) is 2.80. The van der Waals surface area contributed by atoms with Gasteiger partial charge in [0.1, 0.15) is 5.82 Å². The maximum Gasteiger partial charge on any atom is 0.319 e. The molecule has 3 rings (SSSR count). The van der Waals surface area contributed by atoms with E-state index in [-0.39, 0.29) is 11.7 Å². The largest absolute Gasteiger partial charge is 0.338 e. The second-order valence-corrected chi connectivity index (χ2v) is 6.57. The Balaban J connectivity index is 1.58. The van der Waals surface area contributed by atoms with E-state index in [0.717, 1.165) is 5.56 Å².